The average molecular weight is 475 g/mol. The summed E-state index contributed by atoms with van der Waals surface area (Å²) in [5, 5.41) is 0.887. The zero-order valence-electron chi connectivity index (χ0n) is 20.1. The molecule has 4 aromatic rings. The highest BCUT2D eigenvalue weighted by Crippen LogP contribution is 2.34. The molecule has 0 radical (unpaired) electrons. The summed E-state index contributed by atoms with van der Waals surface area (Å²) in [7, 11) is 4.90. The molecular formula is C28H28NO6+. The molecule has 5 rings (SSSR count). The van der Waals surface area contributed by atoms with Gasteiger partial charge in [0.05, 0.1) is 33.4 Å². The Balaban J connectivity index is 1.42. The van der Waals surface area contributed by atoms with Gasteiger partial charge in [-0.05, 0) is 53.1 Å². The SMILES string of the molecule is COc1ccc(-c2cc(=O)oc3c4c(ccc23)OC[NH+](CCc2ccc(OC)c(OC)c2)C4)cc1. The molecule has 2 heterocycles. The summed E-state index contributed by atoms with van der Waals surface area (Å²) in [5.41, 5.74) is 4.05. The fourth-order valence-electron chi connectivity index (χ4n) is 4.57. The Morgan fingerprint density at radius 3 is 2.43 bits per heavy atom. The molecule has 3 aromatic carbocycles. The Labute approximate surface area is 203 Å². The number of quaternary nitrogens is 1. The summed E-state index contributed by atoms with van der Waals surface area (Å²) in [4.78, 5) is 13.8. The fourth-order valence-corrected chi connectivity index (χ4v) is 4.57. The Morgan fingerprint density at radius 2 is 1.69 bits per heavy atom. The van der Waals surface area contributed by atoms with Crippen LogP contribution < -0.4 is 29.5 Å². The summed E-state index contributed by atoms with van der Waals surface area (Å²) in [6, 6.07) is 19.1. The maximum Gasteiger partial charge on any atom is 0.336 e. The van der Waals surface area contributed by atoms with E-state index < -0.39 is 0 Å². The Bertz CT molecular complexity index is 1410. The van der Waals surface area contributed by atoms with Gasteiger partial charge in [-0.3, -0.25) is 4.90 Å². The van der Waals surface area contributed by atoms with Crippen LogP contribution in [0.3, 0.4) is 0 Å². The van der Waals surface area contributed by atoms with Crippen LogP contribution in [0.5, 0.6) is 23.0 Å². The number of fused-ring (bicyclic) bond motifs is 3. The Hall–Kier alpha value is -3.97. The van der Waals surface area contributed by atoms with Crippen molar-refractivity contribution >= 4 is 11.0 Å². The number of benzene rings is 3. The fraction of sp³-hybridized carbons (Fsp3) is 0.250. The van der Waals surface area contributed by atoms with Crippen LogP contribution in [0.25, 0.3) is 22.1 Å². The van der Waals surface area contributed by atoms with Gasteiger partial charge in [-0.15, -0.1) is 0 Å². The summed E-state index contributed by atoms with van der Waals surface area (Å²) in [5.74, 6) is 2.97. The van der Waals surface area contributed by atoms with Gasteiger partial charge in [0.2, 0.25) is 6.73 Å². The summed E-state index contributed by atoms with van der Waals surface area (Å²) in [6.07, 6.45) is 0.847. The van der Waals surface area contributed by atoms with E-state index in [1.54, 1.807) is 27.4 Å². The van der Waals surface area contributed by atoms with Crippen molar-refractivity contribution in [2.45, 2.75) is 13.0 Å². The van der Waals surface area contributed by atoms with Gasteiger partial charge in [0.1, 0.15) is 18.0 Å². The number of ether oxygens (including phenoxy) is 4. The highest BCUT2D eigenvalue weighted by atomic mass is 16.5. The van der Waals surface area contributed by atoms with E-state index in [4.69, 9.17) is 23.4 Å². The summed E-state index contributed by atoms with van der Waals surface area (Å²) < 4.78 is 27.8. The molecule has 0 saturated carbocycles. The number of hydrogen-bond acceptors (Lipinski definition) is 6. The highest BCUT2D eigenvalue weighted by Gasteiger charge is 2.25. The molecule has 0 fully saturated rings. The van der Waals surface area contributed by atoms with Crippen LogP contribution in [0, 0.1) is 0 Å². The molecule has 1 aromatic heterocycles. The number of hydrogen-bond donors (Lipinski definition) is 1. The largest absolute Gasteiger partial charge is 0.497 e. The first-order valence-corrected chi connectivity index (χ1v) is 11.5. The van der Waals surface area contributed by atoms with E-state index >= 15 is 0 Å². The molecule has 0 amide bonds. The van der Waals surface area contributed by atoms with Crippen LogP contribution in [-0.4, -0.2) is 34.6 Å². The van der Waals surface area contributed by atoms with Gasteiger partial charge in [0.15, 0.2) is 17.1 Å². The lowest BCUT2D eigenvalue weighted by molar-refractivity contribution is -0.932. The lowest BCUT2D eigenvalue weighted by Gasteiger charge is -2.26. The van der Waals surface area contributed by atoms with Gasteiger partial charge in [0, 0.05) is 17.9 Å². The van der Waals surface area contributed by atoms with E-state index in [2.05, 4.69) is 6.07 Å². The molecule has 1 unspecified atom stereocenters. The van der Waals surface area contributed by atoms with E-state index in [-0.39, 0.29) is 5.63 Å². The molecule has 7 heteroatoms. The predicted molar refractivity (Wildman–Crippen MR) is 133 cm³/mol. The smallest absolute Gasteiger partial charge is 0.336 e. The van der Waals surface area contributed by atoms with Gasteiger partial charge in [0.25, 0.3) is 0 Å². The molecule has 0 aliphatic carbocycles. The second-order valence-electron chi connectivity index (χ2n) is 8.53. The lowest BCUT2D eigenvalue weighted by Crippen LogP contribution is -3.12. The minimum absolute atomic E-state index is 0.380. The van der Waals surface area contributed by atoms with E-state index in [0.29, 0.717) is 24.6 Å². The van der Waals surface area contributed by atoms with E-state index in [0.717, 1.165) is 57.9 Å². The zero-order valence-corrected chi connectivity index (χ0v) is 20.1. The van der Waals surface area contributed by atoms with Crippen molar-refractivity contribution < 1.29 is 28.3 Å². The number of rotatable bonds is 7. The van der Waals surface area contributed by atoms with Crippen molar-refractivity contribution in [3.05, 3.63) is 82.2 Å². The third kappa shape index (κ3) is 4.55. The van der Waals surface area contributed by atoms with Gasteiger partial charge in [-0.2, -0.15) is 0 Å². The average Bonchev–Trinajstić information content (AvgIpc) is 2.91. The first-order valence-electron chi connectivity index (χ1n) is 11.5. The molecule has 1 aliphatic rings. The molecule has 7 nitrogen and oxygen atoms in total. The van der Waals surface area contributed by atoms with Crippen LogP contribution in [0.15, 0.2) is 69.9 Å². The quantitative estimate of drug-likeness (QED) is 0.414. The van der Waals surface area contributed by atoms with Crippen LogP contribution in [0.1, 0.15) is 11.1 Å². The lowest BCUT2D eigenvalue weighted by atomic mass is 9.99. The zero-order chi connectivity index (χ0) is 24.4. The summed E-state index contributed by atoms with van der Waals surface area (Å²) in [6.45, 7) is 2.11. The highest BCUT2D eigenvalue weighted by molar-refractivity contribution is 5.95. The molecule has 0 spiro atoms. The molecule has 1 N–H and O–H groups in total. The van der Waals surface area contributed by atoms with Gasteiger partial charge >= 0.3 is 5.63 Å². The third-order valence-corrected chi connectivity index (χ3v) is 6.45. The van der Waals surface area contributed by atoms with Gasteiger partial charge < -0.3 is 23.4 Å². The summed E-state index contributed by atoms with van der Waals surface area (Å²) >= 11 is 0. The van der Waals surface area contributed by atoms with Crippen molar-refractivity contribution in [1.29, 1.82) is 0 Å². The molecule has 1 atom stereocenters. The molecule has 35 heavy (non-hydrogen) atoms. The van der Waals surface area contributed by atoms with E-state index in [1.807, 2.05) is 48.5 Å². The van der Waals surface area contributed by atoms with Crippen molar-refractivity contribution in [2.24, 2.45) is 0 Å². The van der Waals surface area contributed by atoms with Crippen molar-refractivity contribution in [3.63, 3.8) is 0 Å². The third-order valence-electron chi connectivity index (χ3n) is 6.45. The first-order chi connectivity index (χ1) is 17.1. The number of methoxy groups -OCH3 is 3. The topological polar surface area (TPSA) is 71.6 Å². The monoisotopic (exact) mass is 474 g/mol. The molecule has 0 bridgehead atoms. The molecular weight excluding hydrogens is 446 g/mol. The van der Waals surface area contributed by atoms with Gasteiger partial charge in [-0.1, -0.05) is 18.2 Å². The van der Waals surface area contributed by atoms with E-state index in [1.165, 1.54) is 4.90 Å². The van der Waals surface area contributed by atoms with E-state index in [9.17, 15) is 4.79 Å². The van der Waals surface area contributed by atoms with Crippen molar-refractivity contribution in [1.82, 2.24) is 0 Å². The normalized spacial score (nSPS) is 14.8. The number of nitrogens with one attached hydrogen (secondary N) is 1. The van der Waals surface area contributed by atoms with Crippen molar-refractivity contribution in [3.8, 4) is 34.1 Å². The van der Waals surface area contributed by atoms with Crippen molar-refractivity contribution in [2.75, 3.05) is 34.6 Å². The minimum atomic E-state index is -0.380. The first kappa shape index (κ1) is 22.8. The van der Waals surface area contributed by atoms with Gasteiger partial charge in [-0.25, -0.2) is 4.79 Å². The minimum Gasteiger partial charge on any atom is -0.497 e. The molecule has 1 aliphatic heterocycles. The van der Waals surface area contributed by atoms with Crippen LogP contribution in [-0.2, 0) is 13.0 Å². The Morgan fingerprint density at radius 1 is 0.886 bits per heavy atom. The molecule has 0 saturated heterocycles. The second-order valence-corrected chi connectivity index (χ2v) is 8.53. The van der Waals surface area contributed by atoms with Crippen LogP contribution >= 0.6 is 0 Å². The molecule has 180 valence electrons. The maximum atomic E-state index is 12.5. The standard InChI is InChI=1S/C28H27NO6/c1-31-20-7-5-19(6-8-20)22-15-27(30)35-28-21(22)9-11-24-23(28)16-29(17-34-24)13-12-18-4-10-25(32-2)26(14-18)33-3/h4-11,14-15H,12-13,16-17H2,1-3H3/p+1. The van der Waals surface area contributed by atoms with Crippen LogP contribution in [0.4, 0.5) is 0 Å². The second kappa shape index (κ2) is 9.72. The van der Waals surface area contributed by atoms with Crippen LogP contribution in [0.2, 0.25) is 0 Å². The maximum absolute atomic E-state index is 12.5. The Kier molecular flexibility index (Phi) is 6.33. The predicted octanol–water partition coefficient (Wildman–Crippen LogP) is 3.46.